The Morgan fingerprint density at radius 2 is 2.00 bits per heavy atom. The predicted octanol–water partition coefficient (Wildman–Crippen LogP) is 3.50. The second-order valence-electron chi connectivity index (χ2n) is 5.03. The first-order valence-electron chi connectivity index (χ1n) is 7.41. The number of nitrogens with zero attached hydrogens (tertiary/aromatic N) is 3. The minimum absolute atomic E-state index is 0.499. The van der Waals surface area contributed by atoms with Crippen LogP contribution in [-0.4, -0.2) is 33.7 Å². The topological polar surface area (TPSA) is 63.8 Å². The molecule has 0 radical (unpaired) electrons. The molecule has 0 saturated heterocycles. The standard InChI is InChI=1S/C17H18N4OS/c1-23-10-9-18-15-8-7-14(12-19-15)17-20-16(21-22-17)11-13-5-3-2-4-6-13/h2-8,12H,9-11H2,1H3,(H,18,19). The van der Waals surface area contributed by atoms with Crippen molar-refractivity contribution < 1.29 is 4.52 Å². The number of anilines is 1. The van der Waals surface area contributed by atoms with E-state index < -0.39 is 0 Å². The molecule has 1 N–H and O–H groups in total. The van der Waals surface area contributed by atoms with Gasteiger partial charge in [-0.25, -0.2) is 4.98 Å². The van der Waals surface area contributed by atoms with Gasteiger partial charge in [0.05, 0.1) is 5.56 Å². The maximum absolute atomic E-state index is 5.34. The van der Waals surface area contributed by atoms with Gasteiger partial charge in [0.25, 0.3) is 5.89 Å². The lowest BCUT2D eigenvalue weighted by molar-refractivity contribution is 0.424. The van der Waals surface area contributed by atoms with Crippen molar-refractivity contribution in [3.63, 3.8) is 0 Å². The molecule has 0 saturated carbocycles. The van der Waals surface area contributed by atoms with Gasteiger partial charge in [-0.15, -0.1) is 0 Å². The Morgan fingerprint density at radius 1 is 1.13 bits per heavy atom. The van der Waals surface area contributed by atoms with Crippen molar-refractivity contribution in [1.29, 1.82) is 0 Å². The number of nitrogens with one attached hydrogen (secondary N) is 1. The first-order valence-corrected chi connectivity index (χ1v) is 8.80. The number of rotatable bonds is 7. The Hall–Kier alpha value is -2.34. The van der Waals surface area contributed by atoms with Gasteiger partial charge in [-0.05, 0) is 24.0 Å². The SMILES string of the molecule is CSCCNc1ccc(-c2nc(Cc3ccccc3)no2)cn1. The summed E-state index contributed by atoms with van der Waals surface area (Å²) in [5.74, 6) is 3.08. The molecule has 0 bridgehead atoms. The lowest BCUT2D eigenvalue weighted by Crippen LogP contribution is -2.04. The van der Waals surface area contributed by atoms with Gasteiger partial charge in [0.1, 0.15) is 5.82 Å². The third kappa shape index (κ3) is 4.32. The smallest absolute Gasteiger partial charge is 0.259 e. The molecule has 1 aromatic carbocycles. The summed E-state index contributed by atoms with van der Waals surface area (Å²) in [7, 11) is 0. The van der Waals surface area contributed by atoms with E-state index in [-0.39, 0.29) is 0 Å². The average Bonchev–Trinajstić information content (AvgIpc) is 3.05. The van der Waals surface area contributed by atoms with Gasteiger partial charge >= 0.3 is 0 Å². The number of hydrogen-bond donors (Lipinski definition) is 1. The van der Waals surface area contributed by atoms with E-state index in [4.69, 9.17) is 4.52 Å². The fraction of sp³-hybridized carbons (Fsp3) is 0.235. The van der Waals surface area contributed by atoms with Crippen molar-refractivity contribution in [3.8, 4) is 11.5 Å². The second-order valence-corrected chi connectivity index (χ2v) is 6.02. The summed E-state index contributed by atoms with van der Waals surface area (Å²) in [6, 6.07) is 14.0. The van der Waals surface area contributed by atoms with Crippen LogP contribution < -0.4 is 5.32 Å². The molecule has 2 aromatic heterocycles. The number of aromatic nitrogens is 3. The van der Waals surface area contributed by atoms with E-state index in [1.54, 1.807) is 18.0 Å². The molecule has 0 amide bonds. The van der Waals surface area contributed by atoms with Crippen LogP contribution in [0.25, 0.3) is 11.5 Å². The molecule has 0 unspecified atom stereocenters. The first kappa shape index (κ1) is 15.6. The van der Waals surface area contributed by atoms with Gasteiger partial charge in [0.2, 0.25) is 0 Å². The summed E-state index contributed by atoms with van der Waals surface area (Å²) in [6.45, 7) is 0.898. The largest absolute Gasteiger partial charge is 0.369 e. The molecular weight excluding hydrogens is 308 g/mol. The molecule has 23 heavy (non-hydrogen) atoms. The number of hydrogen-bond acceptors (Lipinski definition) is 6. The Kier molecular flexibility index (Phi) is 5.26. The monoisotopic (exact) mass is 326 g/mol. The summed E-state index contributed by atoms with van der Waals surface area (Å²) in [5.41, 5.74) is 1.98. The molecule has 0 aliphatic heterocycles. The number of pyridine rings is 1. The van der Waals surface area contributed by atoms with E-state index in [1.165, 1.54) is 0 Å². The molecule has 3 aromatic rings. The summed E-state index contributed by atoms with van der Waals surface area (Å²) in [4.78, 5) is 8.81. The Balaban J connectivity index is 1.65. The van der Waals surface area contributed by atoms with E-state index in [9.17, 15) is 0 Å². The van der Waals surface area contributed by atoms with Crippen molar-refractivity contribution >= 4 is 17.6 Å². The van der Waals surface area contributed by atoms with Crippen molar-refractivity contribution in [2.45, 2.75) is 6.42 Å². The zero-order valence-electron chi connectivity index (χ0n) is 12.9. The van der Waals surface area contributed by atoms with Crippen LogP contribution >= 0.6 is 11.8 Å². The van der Waals surface area contributed by atoms with Gasteiger partial charge in [0, 0.05) is 24.9 Å². The maximum Gasteiger partial charge on any atom is 0.259 e. The van der Waals surface area contributed by atoms with E-state index in [2.05, 4.69) is 26.7 Å². The third-order valence-electron chi connectivity index (χ3n) is 3.30. The van der Waals surface area contributed by atoms with Gasteiger partial charge in [-0.2, -0.15) is 16.7 Å². The van der Waals surface area contributed by atoms with Crippen molar-refractivity contribution in [2.24, 2.45) is 0 Å². The molecule has 0 spiro atoms. The fourth-order valence-electron chi connectivity index (χ4n) is 2.13. The summed E-state index contributed by atoms with van der Waals surface area (Å²) in [5, 5.41) is 7.30. The van der Waals surface area contributed by atoms with Crippen LogP contribution in [0.2, 0.25) is 0 Å². The molecular formula is C17H18N4OS. The van der Waals surface area contributed by atoms with Crippen LogP contribution in [-0.2, 0) is 6.42 Å². The van der Waals surface area contributed by atoms with Crippen LogP contribution in [0.3, 0.4) is 0 Å². The van der Waals surface area contributed by atoms with Gasteiger partial charge < -0.3 is 9.84 Å². The van der Waals surface area contributed by atoms with Crippen LogP contribution in [0, 0.1) is 0 Å². The lowest BCUT2D eigenvalue weighted by atomic mass is 10.1. The van der Waals surface area contributed by atoms with Crippen molar-refractivity contribution in [1.82, 2.24) is 15.1 Å². The summed E-state index contributed by atoms with van der Waals surface area (Å²) in [6.07, 6.45) is 4.49. The first-order chi connectivity index (χ1) is 11.3. The minimum Gasteiger partial charge on any atom is -0.369 e. The van der Waals surface area contributed by atoms with E-state index in [0.717, 1.165) is 29.2 Å². The number of thioether (sulfide) groups is 1. The van der Waals surface area contributed by atoms with E-state index in [0.29, 0.717) is 18.1 Å². The third-order valence-corrected chi connectivity index (χ3v) is 3.91. The van der Waals surface area contributed by atoms with Crippen molar-refractivity contribution in [3.05, 3.63) is 60.0 Å². The van der Waals surface area contributed by atoms with Crippen molar-refractivity contribution in [2.75, 3.05) is 23.9 Å². The molecule has 3 rings (SSSR count). The minimum atomic E-state index is 0.499. The second kappa shape index (κ2) is 7.78. The van der Waals surface area contributed by atoms with Gasteiger partial charge in [0.15, 0.2) is 5.82 Å². The predicted molar refractivity (Wildman–Crippen MR) is 93.6 cm³/mol. The summed E-state index contributed by atoms with van der Waals surface area (Å²) < 4.78 is 5.34. The zero-order valence-corrected chi connectivity index (χ0v) is 13.7. The van der Waals surface area contributed by atoms with Gasteiger partial charge in [-0.1, -0.05) is 35.5 Å². The highest BCUT2D eigenvalue weighted by Gasteiger charge is 2.09. The Morgan fingerprint density at radius 3 is 2.74 bits per heavy atom. The van der Waals surface area contributed by atoms with Crippen LogP contribution in [0.1, 0.15) is 11.4 Å². The zero-order chi connectivity index (χ0) is 15.9. The molecule has 2 heterocycles. The maximum atomic E-state index is 5.34. The highest BCUT2D eigenvalue weighted by Crippen LogP contribution is 2.18. The molecule has 0 fully saturated rings. The highest BCUT2D eigenvalue weighted by molar-refractivity contribution is 7.98. The number of benzene rings is 1. The summed E-state index contributed by atoms with van der Waals surface area (Å²) >= 11 is 1.80. The molecule has 0 aliphatic carbocycles. The highest BCUT2D eigenvalue weighted by atomic mass is 32.2. The van der Waals surface area contributed by atoms with E-state index in [1.807, 2.05) is 42.5 Å². The average molecular weight is 326 g/mol. The lowest BCUT2D eigenvalue weighted by Gasteiger charge is -2.03. The molecule has 5 nitrogen and oxygen atoms in total. The normalized spacial score (nSPS) is 10.7. The molecule has 118 valence electrons. The molecule has 6 heteroatoms. The van der Waals surface area contributed by atoms with Crippen LogP contribution in [0.15, 0.2) is 53.2 Å². The fourth-order valence-corrected chi connectivity index (χ4v) is 2.43. The van der Waals surface area contributed by atoms with Crippen LogP contribution in [0.4, 0.5) is 5.82 Å². The van der Waals surface area contributed by atoms with E-state index >= 15 is 0 Å². The van der Waals surface area contributed by atoms with Crippen LogP contribution in [0.5, 0.6) is 0 Å². The van der Waals surface area contributed by atoms with Gasteiger partial charge in [-0.3, -0.25) is 0 Å². The Bertz CT molecular complexity index is 728. The molecule has 0 atom stereocenters. The Labute approximate surface area is 139 Å². The quantitative estimate of drug-likeness (QED) is 0.671. The molecule has 0 aliphatic rings.